The lowest BCUT2D eigenvalue weighted by molar-refractivity contribution is -0.438. The van der Waals surface area contributed by atoms with Gasteiger partial charge in [0.2, 0.25) is 5.69 Å². The van der Waals surface area contributed by atoms with Crippen molar-refractivity contribution >= 4 is 23.1 Å². The lowest BCUT2D eigenvalue weighted by Crippen LogP contribution is -2.28. The van der Waals surface area contributed by atoms with Gasteiger partial charge < -0.3 is 9.64 Å². The summed E-state index contributed by atoms with van der Waals surface area (Å²) in [5, 5.41) is 0. The largest absolute Gasteiger partial charge is 0.465 e. The quantitative estimate of drug-likeness (QED) is 0.168. The second-order valence-electron chi connectivity index (χ2n) is 12.1. The zero-order chi connectivity index (χ0) is 28.2. The summed E-state index contributed by atoms with van der Waals surface area (Å²) in [5.74, 6) is -0.138. The van der Waals surface area contributed by atoms with Gasteiger partial charge in [0.15, 0.2) is 12.3 Å². The maximum absolute atomic E-state index is 12.2. The van der Waals surface area contributed by atoms with E-state index in [2.05, 4.69) is 111 Å². The molecule has 0 spiro atoms. The Labute approximate surface area is 236 Å². The summed E-state index contributed by atoms with van der Waals surface area (Å²) in [7, 11) is 0. The van der Waals surface area contributed by atoms with Crippen molar-refractivity contribution in [2.45, 2.75) is 85.0 Å². The third-order valence-electron chi connectivity index (χ3n) is 8.63. The number of unbranched alkanes of at least 4 members (excludes halogenated alkanes) is 1. The summed E-state index contributed by atoms with van der Waals surface area (Å²) in [6, 6.07) is 17.5. The molecule has 0 aliphatic carbocycles. The summed E-state index contributed by atoms with van der Waals surface area (Å²) in [6.45, 7) is 17.8. The fraction of sp³-hybridized carbons (Fsp3) is 0.486. The molecule has 2 aliphatic rings. The van der Waals surface area contributed by atoms with Gasteiger partial charge in [-0.05, 0) is 44.4 Å². The van der Waals surface area contributed by atoms with Gasteiger partial charge in [-0.1, -0.05) is 83.5 Å². The van der Waals surface area contributed by atoms with Gasteiger partial charge >= 0.3 is 5.97 Å². The average molecular weight is 528 g/mol. The molecule has 4 rings (SSSR count). The topological polar surface area (TPSA) is 32.5 Å². The minimum atomic E-state index is -0.116. The van der Waals surface area contributed by atoms with Crippen LogP contribution in [0.25, 0.3) is 0 Å². The predicted molar refractivity (Wildman–Crippen MR) is 163 cm³/mol. The molecule has 1 atom stereocenters. The highest BCUT2D eigenvalue weighted by Crippen LogP contribution is 2.47. The first-order chi connectivity index (χ1) is 18.6. The molecule has 0 saturated heterocycles. The molecule has 4 heteroatoms. The van der Waals surface area contributed by atoms with Crippen LogP contribution in [0.2, 0.25) is 0 Å². The van der Waals surface area contributed by atoms with Crippen molar-refractivity contribution in [3.8, 4) is 0 Å². The number of carbonyl (C=O) groups is 1. The highest BCUT2D eigenvalue weighted by molar-refractivity contribution is 6.03. The van der Waals surface area contributed by atoms with Crippen LogP contribution in [0.3, 0.4) is 0 Å². The van der Waals surface area contributed by atoms with Gasteiger partial charge in [0.25, 0.3) is 0 Å². The minimum absolute atomic E-state index is 0.0441. The van der Waals surface area contributed by atoms with Crippen LogP contribution in [0.15, 0.2) is 72.5 Å². The molecule has 2 heterocycles. The van der Waals surface area contributed by atoms with Gasteiger partial charge in [0.1, 0.15) is 0 Å². The van der Waals surface area contributed by atoms with Crippen LogP contribution in [-0.4, -0.2) is 36.0 Å². The van der Waals surface area contributed by atoms with E-state index in [-0.39, 0.29) is 22.7 Å². The van der Waals surface area contributed by atoms with Crippen molar-refractivity contribution in [2.24, 2.45) is 5.92 Å². The second-order valence-corrected chi connectivity index (χ2v) is 12.1. The van der Waals surface area contributed by atoms with E-state index in [1.54, 1.807) is 0 Å². The normalized spacial score (nSPS) is 19.1. The highest BCUT2D eigenvalue weighted by atomic mass is 16.5. The van der Waals surface area contributed by atoms with E-state index < -0.39 is 0 Å². The minimum Gasteiger partial charge on any atom is -0.465 e. The maximum Gasteiger partial charge on any atom is 0.308 e. The van der Waals surface area contributed by atoms with Crippen LogP contribution >= 0.6 is 0 Å². The summed E-state index contributed by atoms with van der Waals surface area (Å²) in [4.78, 5) is 14.7. The monoisotopic (exact) mass is 527 g/mol. The first kappa shape index (κ1) is 28.9. The third kappa shape index (κ3) is 5.62. The van der Waals surface area contributed by atoms with Crippen LogP contribution in [0, 0.1) is 5.92 Å². The number of esters is 1. The number of rotatable bonds is 11. The molecule has 39 heavy (non-hydrogen) atoms. The SMILES string of the molecule is CCCCN1C(=CC=CC2=[N+](CCCOC(=O)C(C)CC)c3ccccc3C2(C)C)C(C)(C)c2ccccc21. The number of fused-ring (bicyclic) bond motifs is 2. The Morgan fingerprint density at radius 1 is 0.974 bits per heavy atom. The number of nitrogens with zero attached hydrogens (tertiary/aromatic N) is 2. The van der Waals surface area contributed by atoms with Gasteiger partial charge in [-0.25, -0.2) is 0 Å². The molecule has 208 valence electrons. The zero-order valence-electron chi connectivity index (χ0n) is 25.1. The van der Waals surface area contributed by atoms with Gasteiger partial charge in [-0.15, -0.1) is 0 Å². The molecule has 0 N–H and O–H groups in total. The molecule has 4 nitrogen and oxygen atoms in total. The Bertz CT molecular complexity index is 1280. The standard InChI is InChI=1S/C35H47N2O2/c1-8-10-23-36-29-19-13-11-17-27(29)34(4,5)31(36)21-15-22-32-35(6,7)28-18-12-14-20-30(28)37(32)24-16-25-39-33(38)26(3)9-2/h11-15,17-22,26H,8-10,16,23-25H2,1-7H3/q+1. The van der Waals surface area contributed by atoms with Crippen molar-refractivity contribution in [3.63, 3.8) is 0 Å². The third-order valence-corrected chi connectivity index (χ3v) is 8.63. The number of anilines is 1. The summed E-state index contributed by atoms with van der Waals surface area (Å²) >= 11 is 0. The Morgan fingerprint density at radius 2 is 1.67 bits per heavy atom. The van der Waals surface area contributed by atoms with Crippen molar-refractivity contribution in [2.75, 3.05) is 24.6 Å². The van der Waals surface area contributed by atoms with Crippen LogP contribution < -0.4 is 4.90 Å². The Hall–Kier alpha value is -3.14. The number of allylic oxidation sites excluding steroid dienone is 4. The lowest BCUT2D eigenvalue weighted by Gasteiger charge is -2.27. The fourth-order valence-electron chi connectivity index (χ4n) is 6.01. The van der Waals surface area contributed by atoms with E-state index in [4.69, 9.17) is 4.74 Å². The van der Waals surface area contributed by atoms with E-state index in [0.29, 0.717) is 6.61 Å². The first-order valence-electron chi connectivity index (χ1n) is 14.8. The van der Waals surface area contributed by atoms with Crippen molar-refractivity contribution in [1.82, 2.24) is 0 Å². The number of hydrogen-bond donors (Lipinski definition) is 0. The second kappa shape index (κ2) is 11.9. The Balaban J connectivity index is 1.63. The molecule has 0 saturated carbocycles. The first-order valence-corrected chi connectivity index (χ1v) is 14.8. The van der Waals surface area contributed by atoms with E-state index in [1.165, 1.54) is 46.8 Å². The Morgan fingerprint density at radius 3 is 2.38 bits per heavy atom. The van der Waals surface area contributed by atoms with Crippen molar-refractivity contribution in [3.05, 3.63) is 83.6 Å². The molecular formula is C35H47N2O2+. The van der Waals surface area contributed by atoms with Crippen LogP contribution in [0.5, 0.6) is 0 Å². The molecule has 0 radical (unpaired) electrons. The van der Waals surface area contributed by atoms with Gasteiger partial charge in [0, 0.05) is 47.5 Å². The van der Waals surface area contributed by atoms with Crippen LogP contribution in [0.1, 0.15) is 85.3 Å². The maximum atomic E-state index is 12.2. The molecule has 0 bridgehead atoms. The van der Waals surface area contributed by atoms with Crippen LogP contribution in [-0.2, 0) is 20.4 Å². The molecule has 0 aromatic heterocycles. The molecule has 1 unspecified atom stereocenters. The van der Waals surface area contributed by atoms with Crippen molar-refractivity contribution < 1.29 is 14.1 Å². The van der Waals surface area contributed by atoms with E-state index in [0.717, 1.165) is 25.9 Å². The molecule has 2 aromatic rings. The fourth-order valence-corrected chi connectivity index (χ4v) is 6.01. The molecule has 0 fully saturated rings. The number of hydrogen-bond acceptors (Lipinski definition) is 3. The van der Waals surface area contributed by atoms with Crippen molar-refractivity contribution in [1.29, 1.82) is 0 Å². The van der Waals surface area contributed by atoms with Crippen LogP contribution in [0.4, 0.5) is 11.4 Å². The number of carbonyl (C=O) groups excluding carboxylic acids is 1. The number of benzene rings is 2. The van der Waals surface area contributed by atoms with E-state index in [1.807, 2.05) is 13.8 Å². The van der Waals surface area contributed by atoms with Gasteiger partial charge in [-0.2, -0.15) is 4.58 Å². The molecule has 2 aliphatic heterocycles. The van der Waals surface area contributed by atoms with Gasteiger partial charge in [0.05, 0.1) is 17.9 Å². The lowest BCUT2D eigenvalue weighted by atomic mass is 9.81. The van der Waals surface area contributed by atoms with Gasteiger partial charge in [-0.3, -0.25) is 4.79 Å². The molecule has 0 amide bonds. The number of ether oxygens (including phenoxy) is 1. The number of para-hydroxylation sites is 2. The average Bonchev–Trinajstić information content (AvgIpc) is 3.28. The summed E-state index contributed by atoms with van der Waals surface area (Å²) in [5.41, 5.74) is 7.80. The van der Waals surface area contributed by atoms with E-state index >= 15 is 0 Å². The smallest absolute Gasteiger partial charge is 0.308 e. The van der Waals surface area contributed by atoms with E-state index in [9.17, 15) is 4.79 Å². The molecule has 2 aromatic carbocycles. The molecular weight excluding hydrogens is 480 g/mol. The summed E-state index contributed by atoms with van der Waals surface area (Å²) < 4.78 is 7.99. The highest BCUT2D eigenvalue weighted by Gasteiger charge is 2.44. The summed E-state index contributed by atoms with van der Waals surface area (Å²) in [6.07, 6.45) is 10.8. The zero-order valence-corrected chi connectivity index (χ0v) is 25.1. The predicted octanol–water partition coefficient (Wildman–Crippen LogP) is 8.08. The Kier molecular flexibility index (Phi) is 8.83.